The maximum atomic E-state index is 12.9. The lowest BCUT2D eigenvalue weighted by Crippen LogP contribution is -2.27. The Morgan fingerprint density at radius 2 is 0.833 bits per heavy atom. The van der Waals surface area contributed by atoms with Gasteiger partial charge in [0.25, 0.3) is 0 Å². The number of esters is 1. The first-order valence-electron chi connectivity index (χ1n) is 24.2. The van der Waals surface area contributed by atoms with Crippen LogP contribution in [0.25, 0.3) is 0 Å². The van der Waals surface area contributed by atoms with E-state index < -0.39 is 0 Å². The van der Waals surface area contributed by atoms with Crippen molar-refractivity contribution in [2.75, 3.05) is 26.2 Å². The highest BCUT2D eigenvalue weighted by molar-refractivity contribution is 8.14. The van der Waals surface area contributed by atoms with Crippen LogP contribution in [-0.2, 0) is 14.3 Å². The maximum absolute atomic E-state index is 12.9. The second-order valence-electron chi connectivity index (χ2n) is 16.6. The van der Waals surface area contributed by atoms with Gasteiger partial charge in [0.1, 0.15) is 6.10 Å². The zero-order chi connectivity index (χ0) is 39.6. The van der Waals surface area contributed by atoms with Gasteiger partial charge in [-0.05, 0) is 96.7 Å². The summed E-state index contributed by atoms with van der Waals surface area (Å²) in [5.74, 6) is 0.0165. The van der Waals surface area contributed by atoms with Crippen molar-refractivity contribution < 1.29 is 19.4 Å². The van der Waals surface area contributed by atoms with Crippen molar-refractivity contribution >= 4 is 22.8 Å². The van der Waals surface area contributed by atoms with E-state index in [4.69, 9.17) is 4.74 Å². The van der Waals surface area contributed by atoms with Gasteiger partial charge in [0, 0.05) is 24.7 Å². The van der Waals surface area contributed by atoms with Crippen molar-refractivity contribution in [3.63, 3.8) is 0 Å². The van der Waals surface area contributed by atoms with Crippen molar-refractivity contribution in [1.82, 2.24) is 4.90 Å². The van der Waals surface area contributed by atoms with Gasteiger partial charge in [0.05, 0.1) is 0 Å². The predicted molar refractivity (Wildman–Crippen MR) is 239 cm³/mol. The Labute approximate surface area is 342 Å². The number of unbranched alkanes of at least 4 members (excludes halogenated alkanes) is 23. The molecule has 0 amide bonds. The molecule has 0 saturated carbocycles. The van der Waals surface area contributed by atoms with E-state index in [1.54, 1.807) is 11.8 Å². The molecule has 322 valence electrons. The molecular weight excluding hydrogens is 687 g/mol. The molecule has 2 atom stereocenters. The topological polar surface area (TPSA) is 66.8 Å². The van der Waals surface area contributed by atoms with Crippen LogP contribution in [0.3, 0.4) is 0 Å². The Kier molecular flexibility index (Phi) is 43.1. The van der Waals surface area contributed by atoms with Gasteiger partial charge < -0.3 is 14.7 Å². The molecule has 0 bridgehead atoms. The summed E-state index contributed by atoms with van der Waals surface area (Å²) < 4.78 is 6.02. The molecule has 0 fully saturated rings. The van der Waals surface area contributed by atoms with E-state index in [0.717, 1.165) is 90.3 Å². The van der Waals surface area contributed by atoms with E-state index in [1.165, 1.54) is 154 Å². The number of carbonyl (C=O) groups is 2. The van der Waals surface area contributed by atoms with Crippen molar-refractivity contribution in [3.05, 3.63) is 0 Å². The molecule has 0 aliphatic heterocycles. The van der Waals surface area contributed by atoms with Crippen molar-refractivity contribution in [2.24, 2.45) is 0 Å². The van der Waals surface area contributed by atoms with Crippen molar-refractivity contribution in [1.29, 1.82) is 0 Å². The molecule has 0 aromatic heterocycles. The molecule has 6 heteroatoms. The number of hydrogen-bond donors (Lipinski definition) is 1. The molecule has 5 nitrogen and oxygen atoms in total. The van der Waals surface area contributed by atoms with Gasteiger partial charge in [-0.2, -0.15) is 0 Å². The van der Waals surface area contributed by atoms with E-state index in [2.05, 4.69) is 32.6 Å². The molecule has 0 rings (SSSR count). The lowest BCUT2D eigenvalue weighted by Gasteiger charge is -2.22. The lowest BCUT2D eigenvalue weighted by atomic mass is 10.0. The summed E-state index contributed by atoms with van der Waals surface area (Å²) in [6.07, 6.45) is 42.5. The summed E-state index contributed by atoms with van der Waals surface area (Å²) in [7, 11) is 0. The van der Waals surface area contributed by atoms with E-state index in [0.29, 0.717) is 16.8 Å². The summed E-state index contributed by atoms with van der Waals surface area (Å²) in [6, 6.07) is 0. The highest BCUT2D eigenvalue weighted by Crippen LogP contribution is 2.27. The second kappa shape index (κ2) is 43.5. The Balaban J connectivity index is 4.37. The molecule has 0 aliphatic carbocycles. The van der Waals surface area contributed by atoms with Crippen LogP contribution in [0.2, 0.25) is 0 Å². The van der Waals surface area contributed by atoms with E-state index >= 15 is 0 Å². The van der Waals surface area contributed by atoms with Gasteiger partial charge >= 0.3 is 5.97 Å². The average molecular weight is 782 g/mol. The number of aliphatic hydroxyl groups excluding tert-OH is 1. The van der Waals surface area contributed by atoms with E-state index in [1.807, 2.05) is 0 Å². The third-order valence-electron chi connectivity index (χ3n) is 11.2. The number of carbonyl (C=O) groups excluding carboxylic acids is 2. The normalized spacial score (nSPS) is 12.8. The van der Waals surface area contributed by atoms with Crippen LogP contribution in [0, 0.1) is 0 Å². The number of nitrogens with zero attached hydrogens (tertiary/aromatic N) is 1. The predicted octanol–water partition coefficient (Wildman–Crippen LogP) is 14.9. The van der Waals surface area contributed by atoms with Crippen molar-refractivity contribution in [2.45, 2.75) is 270 Å². The van der Waals surface area contributed by atoms with Gasteiger partial charge in [-0.1, -0.05) is 181 Å². The molecule has 0 radical (unpaired) electrons. The molecule has 54 heavy (non-hydrogen) atoms. The van der Waals surface area contributed by atoms with Gasteiger partial charge in [-0.25, -0.2) is 0 Å². The second-order valence-corrected chi connectivity index (χ2v) is 18.0. The fraction of sp³-hybridized carbons (Fsp3) is 0.958. The summed E-state index contributed by atoms with van der Waals surface area (Å²) in [6.45, 7) is 12.6. The van der Waals surface area contributed by atoms with Gasteiger partial charge in [-0.3, -0.25) is 9.59 Å². The highest BCUT2D eigenvalue weighted by atomic mass is 32.2. The number of aliphatic hydroxyl groups is 1. The van der Waals surface area contributed by atoms with Gasteiger partial charge in [-0.15, -0.1) is 0 Å². The highest BCUT2D eigenvalue weighted by Gasteiger charge is 2.16. The van der Waals surface area contributed by atoms with Gasteiger partial charge in [0.15, 0.2) is 5.12 Å². The monoisotopic (exact) mass is 782 g/mol. The summed E-state index contributed by atoms with van der Waals surface area (Å²) in [5.41, 5.74) is 0. The standard InChI is InChI=1S/C48H95NO4S/c1-5-9-13-17-19-26-36-45(35-25-15-11-7-3)53-47(51)39-29-21-23-31-41-49(43-33-34-44-50)42-32-24-22-30-40-48(52)54-46(37-27-16-12-8-4)38-28-20-18-14-10-6-2/h45-46,50H,5-44H2,1-4H3. The van der Waals surface area contributed by atoms with Crippen LogP contribution in [0.15, 0.2) is 0 Å². The fourth-order valence-electron chi connectivity index (χ4n) is 7.62. The molecule has 0 aromatic rings. The minimum Gasteiger partial charge on any atom is -0.462 e. The first kappa shape index (κ1) is 53.4. The van der Waals surface area contributed by atoms with Crippen LogP contribution in [-0.4, -0.2) is 58.7 Å². The third kappa shape index (κ3) is 38.3. The SMILES string of the molecule is CCCCCCCCC(CCCCCC)OC(=O)CCCCCCN(CCCCO)CCCCCCC(=O)SC(CCCCCC)CCCCCCCC. The smallest absolute Gasteiger partial charge is 0.306 e. The van der Waals surface area contributed by atoms with Crippen molar-refractivity contribution in [3.8, 4) is 0 Å². The van der Waals surface area contributed by atoms with Crippen LogP contribution < -0.4 is 0 Å². The Morgan fingerprint density at radius 1 is 0.463 bits per heavy atom. The minimum absolute atomic E-state index is 0.0165. The molecule has 1 N–H and O–H groups in total. The van der Waals surface area contributed by atoms with E-state index in [-0.39, 0.29) is 18.7 Å². The molecular formula is C48H95NO4S. The average Bonchev–Trinajstić information content (AvgIpc) is 3.16. The van der Waals surface area contributed by atoms with Crippen LogP contribution in [0.5, 0.6) is 0 Å². The van der Waals surface area contributed by atoms with Gasteiger partial charge in [0.2, 0.25) is 0 Å². The molecule has 0 saturated heterocycles. The first-order chi connectivity index (χ1) is 26.5. The van der Waals surface area contributed by atoms with E-state index in [9.17, 15) is 14.7 Å². The van der Waals surface area contributed by atoms with Crippen LogP contribution in [0.4, 0.5) is 0 Å². The number of ether oxygens (including phenoxy) is 1. The number of hydrogen-bond acceptors (Lipinski definition) is 6. The fourth-order valence-corrected chi connectivity index (χ4v) is 8.82. The zero-order valence-electron chi connectivity index (χ0n) is 37.0. The molecule has 2 unspecified atom stereocenters. The summed E-state index contributed by atoms with van der Waals surface area (Å²) in [5, 5.41) is 10.3. The molecule has 0 spiro atoms. The minimum atomic E-state index is 0.0165. The maximum Gasteiger partial charge on any atom is 0.306 e. The largest absolute Gasteiger partial charge is 0.462 e. The molecule has 0 heterocycles. The third-order valence-corrected chi connectivity index (χ3v) is 12.5. The first-order valence-corrected chi connectivity index (χ1v) is 25.1. The zero-order valence-corrected chi connectivity index (χ0v) is 37.8. The summed E-state index contributed by atoms with van der Waals surface area (Å²) in [4.78, 5) is 28.3. The Hall–Kier alpha value is -0.590. The Morgan fingerprint density at radius 3 is 1.31 bits per heavy atom. The number of thioether (sulfide) groups is 1. The van der Waals surface area contributed by atoms with Crippen LogP contribution in [0.1, 0.15) is 259 Å². The van der Waals surface area contributed by atoms with Crippen LogP contribution >= 0.6 is 11.8 Å². The Bertz CT molecular complexity index is 722. The molecule has 0 aliphatic rings. The lowest BCUT2D eigenvalue weighted by molar-refractivity contribution is -0.150. The summed E-state index contributed by atoms with van der Waals surface area (Å²) >= 11 is 1.69. The molecule has 0 aromatic carbocycles. The number of rotatable bonds is 44. The quantitative estimate of drug-likeness (QED) is 0.0490.